The van der Waals surface area contributed by atoms with Crippen LogP contribution in [0.4, 0.5) is 17.3 Å². The zero-order valence-corrected chi connectivity index (χ0v) is 12.7. The predicted molar refractivity (Wildman–Crippen MR) is 85.6 cm³/mol. The van der Waals surface area contributed by atoms with Crippen LogP contribution in [0.2, 0.25) is 0 Å². The van der Waals surface area contributed by atoms with Crippen LogP contribution in [-0.4, -0.2) is 48.1 Å². The summed E-state index contributed by atoms with van der Waals surface area (Å²) in [6, 6.07) is 8.30. The van der Waals surface area contributed by atoms with Gasteiger partial charge in [-0.15, -0.1) is 0 Å². The number of piperazine rings is 1. The third kappa shape index (κ3) is 2.45. The predicted octanol–water partition coefficient (Wildman–Crippen LogP) is 2.44. The lowest BCUT2D eigenvalue weighted by molar-refractivity contribution is 0.311. The monoisotopic (exact) mass is 299 g/mol. The highest BCUT2D eigenvalue weighted by molar-refractivity contribution is 7.99. The van der Waals surface area contributed by atoms with Crippen LogP contribution in [0, 0.1) is 0 Å². The minimum absolute atomic E-state index is 0.843. The van der Waals surface area contributed by atoms with Crippen LogP contribution < -0.4 is 10.2 Å². The fraction of sp³-hybridized carbons (Fsp3) is 0.333. The van der Waals surface area contributed by atoms with E-state index in [2.05, 4.69) is 45.3 Å². The van der Waals surface area contributed by atoms with Crippen molar-refractivity contribution in [2.75, 3.05) is 43.4 Å². The highest BCUT2D eigenvalue weighted by atomic mass is 32.2. The van der Waals surface area contributed by atoms with Crippen LogP contribution >= 0.6 is 11.8 Å². The molecule has 0 spiro atoms. The summed E-state index contributed by atoms with van der Waals surface area (Å²) < 4.78 is 0. The topological polar surface area (TPSA) is 44.3 Å². The van der Waals surface area contributed by atoms with E-state index in [1.54, 1.807) is 11.8 Å². The van der Waals surface area contributed by atoms with Crippen molar-refractivity contribution in [1.29, 1.82) is 0 Å². The molecule has 2 aromatic rings. The van der Waals surface area contributed by atoms with Crippen LogP contribution in [0.25, 0.3) is 0 Å². The average Bonchev–Trinajstić information content (AvgIpc) is 2.53. The summed E-state index contributed by atoms with van der Waals surface area (Å²) in [7, 11) is 2.15. The van der Waals surface area contributed by atoms with Gasteiger partial charge in [-0.25, -0.2) is 9.97 Å². The second-order valence-corrected chi connectivity index (χ2v) is 6.43. The molecule has 1 aromatic heterocycles. The van der Waals surface area contributed by atoms with Gasteiger partial charge >= 0.3 is 0 Å². The minimum Gasteiger partial charge on any atom is -0.351 e. The Bertz CT molecular complexity index is 667. The van der Waals surface area contributed by atoms with Crippen LogP contribution in [0.15, 0.2) is 40.4 Å². The number of nitrogens with one attached hydrogen (secondary N) is 1. The third-order valence-electron chi connectivity index (χ3n) is 3.89. The number of likely N-dealkylation sites (N-methyl/N-ethyl adjacent to an activating group) is 1. The average molecular weight is 299 g/mol. The number of para-hydroxylation sites is 1. The molecule has 0 saturated carbocycles. The maximum absolute atomic E-state index is 4.76. The Labute approximate surface area is 128 Å². The van der Waals surface area contributed by atoms with E-state index in [0.717, 1.165) is 48.5 Å². The standard InChI is InChI=1S/C15H17N5S/c1-19-6-8-20(9-7-19)15-16-10-12-14(18-15)21-13-5-3-2-4-11(13)17-12/h2-5,10,17H,6-9H2,1H3. The summed E-state index contributed by atoms with van der Waals surface area (Å²) in [4.78, 5) is 15.1. The summed E-state index contributed by atoms with van der Waals surface area (Å²) in [5.74, 6) is 0.843. The van der Waals surface area contributed by atoms with Crippen molar-refractivity contribution in [2.45, 2.75) is 9.92 Å². The fourth-order valence-corrected chi connectivity index (χ4v) is 3.51. The summed E-state index contributed by atoms with van der Waals surface area (Å²) in [5.41, 5.74) is 2.13. The van der Waals surface area contributed by atoms with E-state index >= 15 is 0 Å². The van der Waals surface area contributed by atoms with E-state index in [-0.39, 0.29) is 0 Å². The number of hydrogen-bond acceptors (Lipinski definition) is 6. The maximum atomic E-state index is 4.76. The van der Waals surface area contributed by atoms with Crippen molar-refractivity contribution in [2.24, 2.45) is 0 Å². The van der Waals surface area contributed by atoms with Crippen molar-refractivity contribution >= 4 is 29.1 Å². The molecule has 108 valence electrons. The molecule has 1 aromatic carbocycles. The summed E-state index contributed by atoms with van der Waals surface area (Å²) >= 11 is 1.71. The minimum atomic E-state index is 0.843. The number of anilines is 3. The van der Waals surface area contributed by atoms with E-state index in [0.29, 0.717) is 0 Å². The van der Waals surface area contributed by atoms with Gasteiger partial charge in [0.1, 0.15) is 5.03 Å². The van der Waals surface area contributed by atoms with Gasteiger partial charge in [0.05, 0.1) is 17.6 Å². The number of aromatic nitrogens is 2. The van der Waals surface area contributed by atoms with Gasteiger partial charge in [-0.2, -0.15) is 0 Å². The molecule has 2 aliphatic rings. The number of fused-ring (bicyclic) bond motifs is 2. The van der Waals surface area contributed by atoms with Crippen LogP contribution in [0.1, 0.15) is 0 Å². The molecule has 3 heterocycles. The first kappa shape index (κ1) is 12.9. The van der Waals surface area contributed by atoms with Gasteiger partial charge in [-0.3, -0.25) is 0 Å². The molecule has 6 heteroatoms. The van der Waals surface area contributed by atoms with E-state index in [1.165, 1.54) is 4.90 Å². The molecule has 1 saturated heterocycles. The maximum Gasteiger partial charge on any atom is 0.226 e. The van der Waals surface area contributed by atoms with Crippen LogP contribution in [0.3, 0.4) is 0 Å². The second-order valence-electron chi connectivity index (χ2n) is 5.40. The molecule has 2 aliphatic heterocycles. The first-order valence-electron chi connectivity index (χ1n) is 7.14. The zero-order valence-electron chi connectivity index (χ0n) is 11.9. The lowest BCUT2D eigenvalue weighted by atomic mass is 10.3. The normalized spacial score (nSPS) is 17.9. The van der Waals surface area contributed by atoms with Gasteiger partial charge in [-0.05, 0) is 19.2 Å². The summed E-state index contributed by atoms with van der Waals surface area (Å²) in [6.45, 7) is 4.11. The fourth-order valence-electron chi connectivity index (χ4n) is 2.59. The molecule has 0 bridgehead atoms. The largest absolute Gasteiger partial charge is 0.351 e. The Morgan fingerprint density at radius 3 is 2.76 bits per heavy atom. The van der Waals surface area contributed by atoms with Crippen molar-refractivity contribution in [3.63, 3.8) is 0 Å². The molecule has 0 aliphatic carbocycles. The first-order chi connectivity index (χ1) is 10.3. The summed E-state index contributed by atoms with van der Waals surface area (Å²) in [6.07, 6.45) is 1.90. The highest BCUT2D eigenvalue weighted by Gasteiger charge is 2.21. The lowest BCUT2D eigenvalue weighted by Gasteiger charge is -2.32. The Morgan fingerprint density at radius 1 is 1.10 bits per heavy atom. The van der Waals surface area contributed by atoms with Crippen LogP contribution in [0.5, 0.6) is 0 Å². The third-order valence-corrected chi connectivity index (χ3v) is 4.97. The lowest BCUT2D eigenvalue weighted by Crippen LogP contribution is -2.45. The first-order valence-corrected chi connectivity index (χ1v) is 7.96. The molecule has 21 heavy (non-hydrogen) atoms. The number of hydrogen-bond donors (Lipinski definition) is 1. The Hall–Kier alpha value is -1.79. The molecule has 1 N–H and O–H groups in total. The van der Waals surface area contributed by atoms with Gasteiger partial charge < -0.3 is 15.1 Å². The van der Waals surface area contributed by atoms with Crippen LogP contribution in [-0.2, 0) is 0 Å². The summed E-state index contributed by atoms with van der Waals surface area (Å²) in [5, 5.41) is 4.42. The Kier molecular flexibility index (Phi) is 3.20. The molecule has 0 unspecified atom stereocenters. The van der Waals surface area contributed by atoms with E-state index in [1.807, 2.05) is 12.3 Å². The molecular weight excluding hydrogens is 282 g/mol. The quantitative estimate of drug-likeness (QED) is 0.696. The van der Waals surface area contributed by atoms with E-state index in [4.69, 9.17) is 4.98 Å². The number of rotatable bonds is 1. The number of benzene rings is 1. The molecule has 0 amide bonds. The van der Waals surface area contributed by atoms with Crippen molar-refractivity contribution < 1.29 is 0 Å². The van der Waals surface area contributed by atoms with E-state index < -0.39 is 0 Å². The Morgan fingerprint density at radius 2 is 1.90 bits per heavy atom. The number of nitrogens with zero attached hydrogens (tertiary/aromatic N) is 4. The smallest absolute Gasteiger partial charge is 0.226 e. The highest BCUT2D eigenvalue weighted by Crippen LogP contribution is 2.42. The van der Waals surface area contributed by atoms with Crippen molar-refractivity contribution in [3.8, 4) is 0 Å². The molecule has 0 radical (unpaired) electrons. The molecule has 5 nitrogen and oxygen atoms in total. The SMILES string of the molecule is CN1CCN(c2ncc3c(n2)Sc2ccccc2N3)CC1. The van der Waals surface area contributed by atoms with Gasteiger partial charge in [0.2, 0.25) is 5.95 Å². The van der Waals surface area contributed by atoms with Gasteiger partial charge in [-0.1, -0.05) is 23.9 Å². The zero-order chi connectivity index (χ0) is 14.2. The van der Waals surface area contributed by atoms with E-state index in [9.17, 15) is 0 Å². The molecule has 1 fully saturated rings. The molecule has 4 rings (SSSR count). The van der Waals surface area contributed by atoms with Gasteiger partial charge in [0.15, 0.2) is 0 Å². The van der Waals surface area contributed by atoms with Gasteiger partial charge in [0, 0.05) is 31.1 Å². The Balaban J connectivity index is 1.61. The van der Waals surface area contributed by atoms with Crippen molar-refractivity contribution in [1.82, 2.24) is 14.9 Å². The molecule has 0 atom stereocenters. The van der Waals surface area contributed by atoms with Crippen molar-refractivity contribution in [3.05, 3.63) is 30.5 Å². The molecular formula is C15H17N5S. The van der Waals surface area contributed by atoms with Gasteiger partial charge in [0.25, 0.3) is 0 Å². The second kappa shape index (κ2) is 5.20.